The molecule has 0 bridgehead atoms. The minimum absolute atomic E-state index is 0.00930. The van der Waals surface area contributed by atoms with Crippen LogP contribution < -0.4 is 4.90 Å². The first-order valence-corrected chi connectivity index (χ1v) is 5.78. The van der Waals surface area contributed by atoms with Gasteiger partial charge in [0.25, 0.3) is 5.91 Å². The number of hydrogen-bond acceptors (Lipinski definition) is 4. The van der Waals surface area contributed by atoms with Crippen molar-refractivity contribution in [3.8, 4) is 0 Å². The van der Waals surface area contributed by atoms with Gasteiger partial charge in [0.05, 0.1) is 12.3 Å². The van der Waals surface area contributed by atoms with Crippen molar-refractivity contribution in [2.75, 3.05) is 18.6 Å². The summed E-state index contributed by atoms with van der Waals surface area (Å²) >= 11 is 11.6. The lowest BCUT2D eigenvalue weighted by Gasteiger charge is -2.11. The van der Waals surface area contributed by atoms with Crippen LogP contribution in [-0.2, 0) is 14.3 Å². The summed E-state index contributed by atoms with van der Waals surface area (Å²) in [6.45, 7) is 0.00930. The van der Waals surface area contributed by atoms with Crippen molar-refractivity contribution in [1.82, 2.24) is 0 Å². The van der Waals surface area contributed by atoms with Crippen molar-refractivity contribution in [2.24, 2.45) is 0 Å². The molecule has 0 aromatic heterocycles. The Morgan fingerprint density at radius 3 is 2.44 bits per heavy atom. The van der Waals surface area contributed by atoms with E-state index in [0.29, 0.717) is 10.0 Å². The lowest BCUT2D eigenvalue weighted by Crippen LogP contribution is -2.32. The first-order chi connectivity index (χ1) is 8.52. The highest BCUT2D eigenvalue weighted by molar-refractivity contribution is 6.35. The zero-order chi connectivity index (χ0) is 13.3. The molecule has 1 unspecified atom stereocenters. The second-order valence-electron chi connectivity index (χ2n) is 3.63. The van der Waals surface area contributed by atoms with E-state index >= 15 is 0 Å². The Kier molecular flexibility index (Phi) is 3.75. The van der Waals surface area contributed by atoms with Crippen LogP contribution in [-0.4, -0.2) is 31.8 Å². The largest absolute Gasteiger partial charge is 0.433 e. The van der Waals surface area contributed by atoms with E-state index in [9.17, 15) is 9.59 Å². The van der Waals surface area contributed by atoms with Gasteiger partial charge in [-0.3, -0.25) is 4.79 Å². The molecule has 0 N–H and O–H groups in total. The number of halogens is 2. The summed E-state index contributed by atoms with van der Waals surface area (Å²) < 4.78 is 9.69. The molecular weight excluding hydrogens is 281 g/mol. The van der Waals surface area contributed by atoms with Crippen LogP contribution >= 0.6 is 23.2 Å². The topological polar surface area (TPSA) is 55.8 Å². The van der Waals surface area contributed by atoms with Crippen LogP contribution in [0, 0.1) is 0 Å². The molecule has 7 heteroatoms. The first kappa shape index (κ1) is 13.1. The molecular formula is C11H9Cl2NO4. The van der Waals surface area contributed by atoms with E-state index in [2.05, 4.69) is 0 Å². The lowest BCUT2D eigenvalue weighted by molar-refractivity contribution is -0.123. The number of imide groups is 1. The number of anilines is 1. The first-order valence-electron chi connectivity index (χ1n) is 5.02. The van der Waals surface area contributed by atoms with E-state index in [1.165, 1.54) is 25.3 Å². The van der Waals surface area contributed by atoms with Gasteiger partial charge in [0, 0.05) is 17.2 Å². The Morgan fingerprint density at radius 1 is 1.28 bits per heavy atom. The molecule has 1 aromatic carbocycles. The van der Waals surface area contributed by atoms with Crippen molar-refractivity contribution >= 4 is 40.9 Å². The standard InChI is InChI=1S/C11H9Cl2NO4/c1-17-5-9-10(15)14(11(16)18-9)8-3-6(12)2-7(13)4-8/h2-4,9H,5H2,1H3. The molecule has 1 heterocycles. The van der Waals surface area contributed by atoms with Gasteiger partial charge in [-0.05, 0) is 18.2 Å². The number of methoxy groups -OCH3 is 1. The highest BCUT2D eigenvalue weighted by Gasteiger charge is 2.41. The van der Waals surface area contributed by atoms with Crippen LogP contribution in [0.3, 0.4) is 0 Å². The van der Waals surface area contributed by atoms with Crippen LogP contribution in [0.5, 0.6) is 0 Å². The fraction of sp³-hybridized carbons (Fsp3) is 0.273. The average Bonchev–Trinajstić information content (AvgIpc) is 2.53. The van der Waals surface area contributed by atoms with Crippen LogP contribution in [0.4, 0.5) is 10.5 Å². The van der Waals surface area contributed by atoms with Gasteiger partial charge >= 0.3 is 6.09 Å². The predicted octanol–water partition coefficient (Wildman–Crippen LogP) is 2.49. The normalized spacial score (nSPS) is 19.3. The van der Waals surface area contributed by atoms with Gasteiger partial charge in [0.15, 0.2) is 0 Å². The highest BCUT2D eigenvalue weighted by atomic mass is 35.5. The van der Waals surface area contributed by atoms with Gasteiger partial charge < -0.3 is 9.47 Å². The smallest absolute Gasteiger partial charge is 0.422 e. The quantitative estimate of drug-likeness (QED) is 0.858. The monoisotopic (exact) mass is 289 g/mol. The fourth-order valence-electron chi connectivity index (χ4n) is 1.62. The van der Waals surface area contributed by atoms with Crippen LogP contribution in [0.25, 0.3) is 0 Å². The summed E-state index contributed by atoms with van der Waals surface area (Å²) in [6.07, 6.45) is -1.69. The van der Waals surface area contributed by atoms with Gasteiger partial charge in [0.2, 0.25) is 6.10 Å². The molecule has 0 spiro atoms. The summed E-state index contributed by atoms with van der Waals surface area (Å²) in [4.78, 5) is 24.5. The van der Waals surface area contributed by atoms with Crippen molar-refractivity contribution in [1.29, 1.82) is 0 Å². The third kappa shape index (κ3) is 2.43. The maximum Gasteiger partial charge on any atom is 0.422 e. The van der Waals surface area contributed by atoms with E-state index in [1.807, 2.05) is 0 Å². The summed E-state index contributed by atoms with van der Waals surface area (Å²) in [5.41, 5.74) is 0.279. The summed E-state index contributed by atoms with van der Waals surface area (Å²) in [6, 6.07) is 4.43. The average molecular weight is 290 g/mol. The van der Waals surface area contributed by atoms with E-state index in [-0.39, 0.29) is 12.3 Å². The van der Waals surface area contributed by atoms with E-state index in [4.69, 9.17) is 32.7 Å². The van der Waals surface area contributed by atoms with Gasteiger partial charge in [-0.25, -0.2) is 9.69 Å². The van der Waals surface area contributed by atoms with Crippen LogP contribution in [0.2, 0.25) is 10.0 Å². The summed E-state index contributed by atoms with van der Waals surface area (Å²) in [5, 5.41) is 0.654. The second-order valence-corrected chi connectivity index (χ2v) is 4.50. The molecule has 1 fully saturated rings. The molecule has 1 saturated heterocycles. The number of carbonyl (C=O) groups excluding carboxylic acids is 2. The Hall–Kier alpha value is -1.30. The molecule has 5 nitrogen and oxygen atoms in total. The number of carbonyl (C=O) groups is 2. The van der Waals surface area contributed by atoms with Gasteiger partial charge in [-0.15, -0.1) is 0 Å². The molecule has 18 heavy (non-hydrogen) atoms. The SMILES string of the molecule is COCC1OC(=O)N(c2cc(Cl)cc(Cl)c2)C1=O. The number of nitrogens with zero attached hydrogens (tertiary/aromatic N) is 1. The van der Waals surface area contributed by atoms with Crippen molar-refractivity contribution in [3.63, 3.8) is 0 Å². The molecule has 0 radical (unpaired) electrons. The zero-order valence-electron chi connectivity index (χ0n) is 9.35. The van der Waals surface area contributed by atoms with Gasteiger partial charge in [-0.2, -0.15) is 0 Å². The number of rotatable bonds is 3. The number of benzene rings is 1. The Bertz CT molecular complexity index is 486. The number of cyclic esters (lactones) is 1. The third-order valence-corrected chi connectivity index (χ3v) is 2.78. The maximum absolute atomic E-state index is 11.9. The lowest BCUT2D eigenvalue weighted by atomic mass is 10.2. The number of hydrogen-bond donors (Lipinski definition) is 0. The minimum Gasteiger partial charge on any atom is -0.433 e. The molecule has 2 rings (SSSR count). The number of ether oxygens (including phenoxy) is 2. The second kappa shape index (κ2) is 5.14. The molecule has 1 aromatic rings. The van der Waals surface area contributed by atoms with E-state index in [1.54, 1.807) is 0 Å². The van der Waals surface area contributed by atoms with Crippen LogP contribution in [0.1, 0.15) is 0 Å². The molecule has 2 amide bonds. The predicted molar refractivity (Wildman–Crippen MR) is 66.1 cm³/mol. The van der Waals surface area contributed by atoms with Gasteiger partial charge in [-0.1, -0.05) is 23.2 Å². The molecule has 0 saturated carbocycles. The van der Waals surface area contributed by atoms with Crippen molar-refractivity contribution in [2.45, 2.75) is 6.10 Å². The van der Waals surface area contributed by atoms with E-state index < -0.39 is 18.1 Å². The number of amides is 2. The van der Waals surface area contributed by atoms with Crippen molar-refractivity contribution in [3.05, 3.63) is 28.2 Å². The van der Waals surface area contributed by atoms with Gasteiger partial charge in [0.1, 0.15) is 0 Å². The Balaban J connectivity index is 2.32. The Labute approximate surface area is 113 Å². The molecule has 96 valence electrons. The molecule has 0 aliphatic carbocycles. The van der Waals surface area contributed by atoms with Crippen LogP contribution in [0.15, 0.2) is 18.2 Å². The molecule has 1 aliphatic heterocycles. The Morgan fingerprint density at radius 2 is 1.89 bits per heavy atom. The summed E-state index contributed by atoms with van der Waals surface area (Å²) in [5.74, 6) is -0.500. The maximum atomic E-state index is 11.9. The zero-order valence-corrected chi connectivity index (χ0v) is 10.9. The minimum atomic E-state index is -0.930. The van der Waals surface area contributed by atoms with Crippen molar-refractivity contribution < 1.29 is 19.1 Å². The third-order valence-electron chi connectivity index (χ3n) is 2.35. The summed E-state index contributed by atoms with van der Waals surface area (Å²) in [7, 11) is 1.42. The molecule has 1 atom stereocenters. The fourth-order valence-corrected chi connectivity index (χ4v) is 2.13. The van der Waals surface area contributed by atoms with E-state index in [0.717, 1.165) is 4.90 Å². The molecule has 1 aliphatic rings. The highest BCUT2D eigenvalue weighted by Crippen LogP contribution is 2.29.